The second-order valence-corrected chi connectivity index (χ2v) is 8.34. The third kappa shape index (κ3) is 6.02. The standard InChI is InChI=1S/C21H15ClF6O4S/c1-8(2)20(29)31-4-5-32-21(30)9(3)33-13-6-10(12(23)7-11(13)22)14-15(24)17(26)19(28)18(27)16(14)25/h6-7,9H,1,4-5H2,2-3H3/t9-/m1/s1. The molecule has 0 amide bonds. The lowest BCUT2D eigenvalue weighted by molar-refractivity contribution is -0.149. The van der Waals surface area contributed by atoms with Crippen molar-refractivity contribution in [1.29, 1.82) is 0 Å². The Morgan fingerprint density at radius 3 is 2.03 bits per heavy atom. The van der Waals surface area contributed by atoms with E-state index in [-0.39, 0.29) is 28.7 Å². The van der Waals surface area contributed by atoms with Crippen molar-refractivity contribution in [2.75, 3.05) is 13.2 Å². The smallest absolute Gasteiger partial charge is 0.333 e. The first kappa shape index (κ1) is 26.6. The Labute approximate surface area is 193 Å². The predicted molar refractivity (Wildman–Crippen MR) is 109 cm³/mol. The Hall–Kier alpha value is -2.66. The first-order valence-corrected chi connectivity index (χ1v) is 10.3. The quantitative estimate of drug-likeness (QED) is 0.0828. The third-order valence-electron chi connectivity index (χ3n) is 4.05. The van der Waals surface area contributed by atoms with E-state index in [0.29, 0.717) is 17.8 Å². The van der Waals surface area contributed by atoms with Crippen LogP contribution in [0.4, 0.5) is 26.3 Å². The molecule has 33 heavy (non-hydrogen) atoms. The van der Waals surface area contributed by atoms with E-state index in [2.05, 4.69) is 6.58 Å². The van der Waals surface area contributed by atoms with Crippen LogP contribution in [0.25, 0.3) is 11.1 Å². The molecular formula is C21H15ClF6O4S. The van der Waals surface area contributed by atoms with E-state index >= 15 is 0 Å². The van der Waals surface area contributed by atoms with Crippen molar-refractivity contribution in [2.45, 2.75) is 24.0 Å². The van der Waals surface area contributed by atoms with E-state index in [9.17, 15) is 35.9 Å². The fourth-order valence-electron chi connectivity index (χ4n) is 2.41. The SMILES string of the molecule is C=C(C)C(=O)OCCOC(=O)[C@@H](C)Sc1cc(-c2c(F)c(F)c(F)c(F)c2F)c(F)cc1Cl. The lowest BCUT2D eigenvalue weighted by Gasteiger charge is -2.15. The van der Waals surface area contributed by atoms with Crippen LogP contribution in [0.1, 0.15) is 13.8 Å². The first-order chi connectivity index (χ1) is 15.4. The highest BCUT2D eigenvalue weighted by molar-refractivity contribution is 8.00. The molecule has 0 bridgehead atoms. The van der Waals surface area contributed by atoms with Crippen LogP contribution in [0.3, 0.4) is 0 Å². The minimum absolute atomic E-state index is 0.0878. The molecule has 0 radical (unpaired) electrons. The first-order valence-electron chi connectivity index (χ1n) is 9.03. The lowest BCUT2D eigenvalue weighted by Crippen LogP contribution is -2.20. The van der Waals surface area contributed by atoms with Gasteiger partial charge in [-0.05, 0) is 26.0 Å². The number of hydrogen-bond donors (Lipinski definition) is 0. The molecule has 0 saturated heterocycles. The number of rotatable bonds is 8. The zero-order valence-electron chi connectivity index (χ0n) is 17.0. The molecule has 0 aliphatic carbocycles. The van der Waals surface area contributed by atoms with Crippen molar-refractivity contribution in [3.05, 3.63) is 64.2 Å². The minimum atomic E-state index is -2.39. The highest BCUT2D eigenvalue weighted by Crippen LogP contribution is 2.39. The van der Waals surface area contributed by atoms with Gasteiger partial charge in [0.1, 0.15) is 24.3 Å². The molecule has 0 N–H and O–H groups in total. The average Bonchev–Trinajstić information content (AvgIpc) is 2.76. The number of hydrogen-bond acceptors (Lipinski definition) is 5. The van der Waals surface area contributed by atoms with E-state index in [1.807, 2.05) is 0 Å². The molecule has 0 heterocycles. The van der Waals surface area contributed by atoms with Gasteiger partial charge in [-0.25, -0.2) is 31.1 Å². The number of carbonyl (C=O) groups is 2. The molecule has 2 aromatic carbocycles. The molecule has 12 heteroatoms. The van der Waals surface area contributed by atoms with E-state index in [1.54, 1.807) is 0 Å². The van der Waals surface area contributed by atoms with Gasteiger partial charge in [-0.1, -0.05) is 18.2 Å². The summed E-state index contributed by atoms with van der Waals surface area (Å²) in [6, 6.07) is 1.38. The maximum atomic E-state index is 14.4. The zero-order valence-corrected chi connectivity index (χ0v) is 18.6. The zero-order chi connectivity index (χ0) is 25.0. The maximum Gasteiger partial charge on any atom is 0.333 e. The largest absolute Gasteiger partial charge is 0.461 e. The van der Waals surface area contributed by atoms with Crippen molar-refractivity contribution < 1.29 is 45.4 Å². The van der Waals surface area contributed by atoms with Crippen molar-refractivity contribution >= 4 is 35.3 Å². The van der Waals surface area contributed by atoms with Crippen molar-refractivity contribution in [3.8, 4) is 11.1 Å². The van der Waals surface area contributed by atoms with Gasteiger partial charge in [-0.3, -0.25) is 4.79 Å². The summed E-state index contributed by atoms with van der Waals surface area (Å²) < 4.78 is 92.7. The van der Waals surface area contributed by atoms with Gasteiger partial charge in [0, 0.05) is 16.0 Å². The average molecular weight is 513 g/mol. The molecule has 0 fully saturated rings. The molecule has 0 saturated carbocycles. The van der Waals surface area contributed by atoms with Crippen LogP contribution in [0, 0.1) is 34.9 Å². The van der Waals surface area contributed by atoms with Gasteiger partial charge in [0.05, 0.1) is 10.6 Å². The van der Waals surface area contributed by atoms with Crippen LogP contribution < -0.4 is 0 Å². The molecule has 1 atom stereocenters. The molecule has 2 rings (SSSR count). The summed E-state index contributed by atoms with van der Waals surface area (Å²) in [5.41, 5.74) is -2.26. The van der Waals surface area contributed by atoms with E-state index < -0.39 is 63.2 Å². The number of esters is 2. The fourth-order valence-corrected chi connectivity index (χ4v) is 3.59. The fraction of sp³-hybridized carbons (Fsp3) is 0.238. The van der Waals surface area contributed by atoms with Gasteiger partial charge in [0.2, 0.25) is 5.82 Å². The molecule has 2 aromatic rings. The van der Waals surface area contributed by atoms with E-state index in [0.717, 1.165) is 6.07 Å². The predicted octanol–water partition coefficient (Wildman–Crippen LogP) is 5.98. The van der Waals surface area contributed by atoms with Crippen molar-refractivity contribution in [3.63, 3.8) is 0 Å². The van der Waals surface area contributed by atoms with Gasteiger partial charge < -0.3 is 9.47 Å². The molecule has 4 nitrogen and oxygen atoms in total. The normalized spacial score (nSPS) is 11.8. The Bertz CT molecular complexity index is 1100. The van der Waals surface area contributed by atoms with Crippen LogP contribution in [-0.2, 0) is 19.1 Å². The van der Waals surface area contributed by atoms with Crippen LogP contribution in [0.5, 0.6) is 0 Å². The second-order valence-electron chi connectivity index (χ2n) is 6.55. The topological polar surface area (TPSA) is 52.6 Å². The van der Waals surface area contributed by atoms with Gasteiger partial charge in [-0.2, -0.15) is 0 Å². The van der Waals surface area contributed by atoms with Crippen LogP contribution in [0.2, 0.25) is 5.02 Å². The summed E-state index contributed by atoms with van der Waals surface area (Å²) in [7, 11) is 0. The van der Waals surface area contributed by atoms with Gasteiger partial charge in [0.15, 0.2) is 23.3 Å². The Morgan fingerprint density at radius 1 is 0.970 bits per heavy atom. The van der Waals surface area contributed by atoms with Crippen LogP contribution in [0.15, 0.2) is 29.2 Å². The molecule has 0 aliphatic heterocycles. The molecule has 0 unspecified atom stereocenters. The summed E-state index contributed by atoms with van der Waals surface area (Å²) in [6.45, 7) is 5.66. The van der Waals surface area contributed by atoms with Crippen LogP contribution >= 0.6 is 23.4 Å². The molecule has 0 aliphatic rings. The number of benzene rings is 2. The molecule has 178 valence electrons. The number of halogens is 7. The molecule has 0 aromatic heterocycles. The Kier molecular flexibility index (Phi) is 8.84. The monoisotopic (exact) mass is 512 g/mol. The lowest BCUT2D eigenvalue weighted by atomic mass is 10.0. The minimum Gasteiger partial charge on any atom is -0.461 e. The maximum absolute atomic E-state index is 14.4. The summed E-state index contributed by atoms with van der Waals surface area (Å²) in [5.74, 6) is -14.1. The second kappa shape index (κ2) is 11.0. The molecule has 0 spiro atoms. The Morgan fingerprint density at radius 2 is 1.48 bits per heavy atom. The van der Waals surface area contributed by atoms with Crippen molar-refractivity contribution in [1.82, 2.24) is 0 Å². The van der Waals surface area contributed by atoms with Crippen LogP contribution in [-0.4, -0.2) is 30.4 Å². The summed E-state index contributed by atoms with van der Waals surface area (Å²) in [4.78, 5) is 23.3. The van der Waals surface area contributed by atoms with E-state index in [4.69, 9.17) is 21.1 Å². The highest BCUT2D eigenvalue weighted by atomic mass is 35.5. The Balaban J connectivity index is 2.24. The van der Waals surface area contributed by atoms with Gasteiger partial charge in [-0.15, -0.1) is 11.8 Å². The number of carbonyl (C=O) groups excluding carboxylic acids is 2. The summed E-state index contributed by atoms with van der Waals surface area (Å²) >= 11 is 6.61. The summed E-state index contributed by atoms with van der Waals surface area (Å²) in [5, 5.41) is -1.27. The van der Waals surface area contributed by atoms with Gasteiger partial charge >= 0.3 is 11.9 Å². The highest BCUT2D eigenvalue weighted by Gasteiger charge is 2.29. The third-order valence-corrected chi connectivity index (χ3v) is 5.61. The number of ether oxygens (including phenoxy) is 2. The number of thioether (sulfide) groups is 1. The van der Waals surface area contributed by atoms with E-state index in [1.165, 1.54) is 13.8 Å². The van der Waals surface area contributed by atoms with Crippen molar-refractivity contribution in [2.24, 2.45) is 0 Å². The molecular weight excluding hydrogens is 498 g/mol. The summed E-state index contributed by atoms with van der Waals surface area (Å²) in [6.07, 6.45) is 0. The van der Waals surface area contributed by atoms with Gasteiger partial charge in [0.25, 0.3) is 0 Å².